The predicted octanol–water partition coefficient (Wildman–Crippen LogP) is 3.65. The van der Waals surface area contributed by atoms with E-state index in [0.29, 0.717) is 31.7 Å². The van der Waals surface area contributed by atoms with Crippen LogP contribution >= 0.6 is 0 Å². The molecule has 0 bridgehead atoms. The van der Waals surface area contributed by atoms with Crippen LogP contribution in [-0.4, -0.2) is 18.4 Å². The van der Waals surface area contributed by atoms with Gasteiger partial charge in [0, 0.05) is 19.3 Å². The van der Waals surface area contributed by atoms with Gasteiger partial charge in [0.2, 0.25) is 0 Å². The van der Waals surface area contributed by atoms with Gasteiger partial charge in [-0.15, -0.1) is 0 Å². The van der Waals surface area contributed by atoms with Crippen LogP contribution in [0.5, 0.6) is 0 Å². The maximum Gasteiger partial charge on any atom is 0.305 e. The van der Waals surface area contributed by atoms with Gasteiger partial charge in [0.05, 0.1) is 6.61 Å². The third kappa shape index (κ3) is 7.46. The maximum atomic E-state index is 11.7. The van der Waals surface area contributed by atoms with Gasteiger partial charge in [0.1, 0.15) is 5.78 Å². The van der Waals surface area contributed by atoms with Gasteiger partial charge in [-0.25, -0.2) is 0 Å². The first kappa shape index (κ1) is 15.2. The van der Waals surface area contributed by atoms with E-state index in [1.54, 1.807) is 0 Å². The van der Waals surface area contributed by atoms with Gasteiger partial charge < -0.3 is 4.74 Å². The van der Waals surface area contributed by atoms with Crippen LogP contribution in [0.4, 0.5) is 0 Å². The summed E-state index contributed by atoms with van der Waals surface area (Å²) in [4.78, 5) is 23.1. The molecule has 0 aromatic rings. The predicted molar refractivity (Wildman–Crippen MR) is 71.3 cm³/mol. The fourth-order valence-corrected chi connectivity index (χ4v) is 2.33. The summed E-state index contributed by atoms with van der Waals surface area (Å²) in [5.41, 5.74) is 0. The monoisotopic (exact) mass is 254 g/mol. The van der Waals surface area contributed by atoms with Crippen LogP contribution in [0.25, 0.3) is 0 Å². The van der Waals surface area contributed by atoms with Crippen molar-refractivity contribution >= 4 is 11.8 Å². The Morgan fingerprint density at radius 1 is 0.889 bits per heavy atom. The summed E-state index contributed by atoms with van der Waals surface area (Å²) in [6.07, 6.45) is 9.63. The van der Waals surface area contributed by atoms with Crippen LogP contribution in [0.3, 0.4) is 0 Å². The Hall–Kier alpha value is -0.860. The Kier molecular flexibility index (Phi) is 7.70. The summed E-state index contributed by atoms with van der Waals surface area (Å²) in [6.45, 7) is 2.37. The zero-order valence-corrected chi connectivity index (χ0v) is 11.6. The van der Waals surface area contributed by atoms with Gasteiger partial charge in [-0.05, 0) is 18.8 Å². The third-order valence-corrected chi connectivity index (χ3v) is 3.44. The molecule has 0 saturated carbocycles. The van der Waals surface area contributed by atoms with Crippen LogP contribution in [0.2, 0.25) is 0 Å². The molecule has 0 radical (unpaired) electrons. The van der Waals surface area contributed by atoms with E-state index in [1.165, 1.54) is 19.3 Å². The van der Waals surface area contributed by atoms with Gasteiger partial charge in [-0.2, -0.15) is 0 Å². The van der Waals surface area contributed by atoms with Gasteiger partial charge in [0.25, 0.3) is 0 Å². The number of ether oxygens (including phenoxy) is 1. The van der Waals surface area contributed by atoms with Crippen molar-refractivity contribution in [3.05, 3.63) is 0 Å². The summed E-state index contributed by atoms with van der Waals surface area (Å²) in [5.74, 6) is 0.365. The number of esters is 1. The Morgan fingerprint density at radius 3 is 2.11 bits per heavy atom. The van der Waals surface area contributed by atoms with Gasteiger partial charge in [-0.1, -0.05) is 39.0 Å². The molecule has 104 valence electrons. The SMILES string of the molecule is CC1COC(=O)CCCCCCCCCC(=O)C1. The van der Waals surface area contributed by atoms with Crippen molar-refractivity contribution in [1.29, 1.82) is 0 Å². The summed E-state index contributed by atoms with van der Waals surface area (Å²) >= 11 is 0. The van der Waals surface area contributed by atoms with Crippen molar-refractivity contribution in [2.45, 2.75) is 71.1 Å². The van der Waals surface area contributed by atoms with E-state index in [2.05, 4.69) is 0 Å². The van der Waals surface area contributed by atoms with E-state index in [0.717, 1.165) is 25.7 Å². The average Bonchev–Trinajstić information content (AvgIpc) is 2.33. The lowest BCUT2D eigenvalue weighted by atomic mass is 10.0. The second-order valence-electron chi connectivity index (χ2n) is 5.51. The standard InChI is InChI=1S/C15H26O3/c1-13-11-14(16)9-7-5-3-2-4-6-8-10-15(17)18-12-13/h13H,2-12H2,1H3. The zero-order valence-electron chi connectivity index (χ0n) is 11.6. The second kappa shape index (κ2) is 9.12. The van der Waals surface area contributed by atoms with Crippen molar-refractivity contribution in [3.63, 3.8) is 0 Å². The van der Waals surface area contributed by atoms with Crippen LogP contribution in [0.15, 0.2) is 0 Å². The Bertz CT molecular complexity index is 260. The van der Waals surface area contributed by atoms with Crippen LogP contribution in [-0.2, 0) is 14.3 Å². The van der Waals surface area contributed by atoms with Gasteiger partial charge in [0.15, 0.2) is 0 Å². The highest BCUT2D eigenvalue weighted by Gasteiger charge is 2.12. The topological polar surface area (TPSA) is 43.4 Å². The molecule has 1 saturated heterocycles. The molecule has 0 amide bonds. The lowest BCUT2D eigenvalue weighted by molar-refractivity contribution is -0.145. The lowest BCUT2D eigenvalue weighted by Gasteiger charge is -2.11. The van der Waals surface area contributed by atoms with Gasteiger partial charge >= 0.3 is 5.97 Å². The fraction of sp³-hybridized carbons (Fsp3) is 0.867. The molecule has 1 unspecified atom stereocenters. The molecule has 3 nitrogen and oxygen atoms in total. The van der Waals surface area contributed by atoms with E-state index in [4.69, 9.17) is 4.74 Å². The first-order chi connectivity index (χ1) is 8.68. The van der Waals surface area contributed by atoms with E-state index in [9.17, 15) is 9.59 Å². The first-order valence-electron chi connectivity index (χ1n) is 7.36. The number of carbonyl (C=O) groups is 2. The molecule has 3 heteroatoms. The zero-order chi connectivity index (χ0) is 13.2. The number of Topliss-reactive ketones (excluding diaryl/α,β-unsaturated/α-hetero) is 1. The minimum Gasteiger partial charge on any atom is -0.465 e. The number of ketones is 1. The highest BCUT2D eigenvalue weighted by molar-refractivity contribution is 5.78. The largest absolute Gasteiger partial charge is 0.465 e. The van der Waals surface area contributed by atoms with Crippen molar-refractivity contribution in [1.82, 2.24) is 0 Å². The van der Waals surface area contributed by atoms with E-state index in [-0.39, 0.29) is 11.9 Å². The van der Waals surface area contributed by atoms with E-state index < -0.39 is 0 Å². The van der Waals surface area contributed by atoms with Crippen molar-refractivity contribution in [2.75, 3.05) is 6.61 Å². The molecule has 1 atom stereocenters. The van der Waals surface area contributed by atoms with Crippen LogP contribution in [0.1, 0.15) is 71.1 Å². The second-order valence-corrected chi connectivity index (χ2v) is 5.51. The minimum atomic E-state index is -0.107. The smallest absolute Gasteiger partial charge is 0.305 e. The highest BCUT2D eigenvalue weighted by Crippen LogP contribution is 2.13. The maximum absolute atomic E-state index is 11.7. The molecule has 18 heavy (non-hydrogen) atoms. The lowest BCUT2D eigenvalue weighted by Crippen LogP contribution is -2.15. The molecule has 0 spiro atoms. The molecule has 1 aliphatic heterocycles. The number of hydrogen-bond donors (Lipinski definition) is 0. The van der Waals surface area contributed by atoms with Crippen molar-refractivity contribution < 1.29 is 14.3 Å². The van der Waals surface area contributed by atoms with Crippen molar-refractivity contribution in [3.8, 4) is 0 Å². The minimum absolute atomic E-state index is 0.107. The Morgan fingerprint density at radius 2 is 1.44 bits per heavy atom. The highest BCUT2D eigenvalue weighted by atomic mass is 16.5. The molecule has 0 aromatic heterocycles. The summed E-state index contributed by atoms with van der Waals surface area (Å²) < 4.78 is 5.19. The molecule has 1 rings (SSSR count). The molecule has 0 aliphatic carbocycles. The van der Waals surface area contributed by atoms with Crippen molar-refractivity contribution in [2.24, 2.45) is 5.92 Å². The first-order valence-corrected chi connectivity index (χ1v) is 7.36. The van der Waals surface area contributed by atoms with Crippen LogP contribution < -0.4 is 0 Å². The molecule has 1 aliphatic rings. The Balaban J connectivity index is 2.35. The fourth-order valence-electron chi connectivity index (χ4n) is 2.33. The molecular weight excluding hydrogens is 228 g/mol. The average molecular weight is 254 g/mol. The molecule has 0 aromatic carbocycles. The van der Waals surface area contributed by atoms with Gasteiger partial charge in [-0.3, -0.25) is 9.59 Å². The number of hydrogen-bond acceptors (Lipinski definition) is 3. The number of carbonyl (C=O) groups excluding carboxylic acids is 2. The molecular formula is C15H26O3. The molecule has 1 heterocycles. The molecule has 0 N–H and O–H groups in total. The third-order valence-electron chi connectivity index (χ3n) is 3.44. The summed E-state index contributed by atoms with van der Waals surface area (Å²) in [5, 5.41) is 0. The summed E-state index contributed by atoms with van der Waals surface area (Å²) in [6, 6.07) is 0. The Labute approximate surface area is 110 Å². The summed E-state index contributed by atoms with van der Waals surface area (Å²) in [7, 11) is 0. The normalized spacial score (nSPS) is 25.9. The number of cyclic esters (lactones) is 1. The molecule has 1 fully saturated rings. The van der Waals surface area contributed by atoms with Crippen LogP contribution in [0, 0.1) is 5.92 Å². The van der Waals surface area contributed by atoms with E-state index in [1.807, 2.05) is 6.92 Å². The van der Waals surface area contributed by atoms with E-state index >= 15 is 0 Å². The quantitative estimate of drug-likeness (QED) is 0.620. The number of rotatable bonds is 0.